The Morgan fingerprint density at radius 2 is 2.17 bits per heavy atom. The number of carbonyl (C=O) groups is 1. The second-order valence-corrected chi connectivity index (χ2v) is 3.70. The molecule has 4 heteroatoms. The molecule has 0 heterocycles. The van der Waals surface area contributed by atoms with Crippen molar-refractivity contribution in [2.45, 2.75) is 0 Å². The van der Waals surface area contributed by atoms with Gasteiger partial charge in [0.15, 0.2) is 0 Å². The van der Waals surface area contributed by atoms with Crippen LogP contribution in [0.1, 0.15) is 15.9 Å². The summed E-state index contributed by atoms with van der Waals surface area (Å²) in [5.41, 5.74) is 0.811. The van der Waals surface area contributed by atoms with Gasteiger partial charge in [0.1, 0.15) is 0 Å². The quantitative estimate of drug-likeness (QED) is 0.589. The number of nitriles is 1. The highest BCUT2D eigenvalue weighted by Gasteiger charge is 2.04. The van der Waals surface area contributed by atoms with Crippen LogP contribution in [-0.2, 0) is 0 Å². The zero-order chi connectivity index (χ0) is 9.14. The molecule has 0 aliphatic heterocycles. The van der Waals surface area contributed by atoms with Gasteiger partial charge in [-0.2, -0.15) is 5.26 Å². The van der Waals surface area contributed by atoms with Crippen molar-refractivity contribution in [1.29, 1.82) is 5.26 Å². The van der Waals surface area contributed by atoms with Gasteiger partial charge in [-0.05, 0) is 52.4 Å². The summed E-state index contributed by atoms with van der Waals surface area (Å²) in [5, 5.41) is 8.02. The first-order chi connectivity index (χ1) is 5.63. The van der Waals surface area contributed by atoms with Gasteiger partial charge in [-0.1, -0.05) is 0 Å². The molecular weight excluding hydrogens is 288 g/mol. The van der Waals surface area contributed by atoms with E-state index in [2.05, 4.69) is 0 Å². The molecule has 0 aromatic heterocycles. The van der Waals surface area contributed by atoms with Crippen LogP contribution in [0.3, 0.4) is 0 Å². The van der Waals surface area contributed by atoms with E-state index < -0.39 is 5.24 Å². The zero-order valence-electron chi connectivity index (χ0n) is 5.84. The molecule has 0 radical (unpaired) electrons. The van der Waals surface area contributed by atoms with Crippen LogP contribution in [-0.4, -0.2) is 5.24 Å². The predicted molar refractivity (Wildman–Crippen MR) is 54.1 cm³/mol. The Labute approximate surface area is 88.3 Å². The molecule has 0 amide bonds. The van der Waals surface area contributed by atoms with Crippen LogP contribution < -0.4 is 0 Å². The summed E-state index contributed by atoms with van der Waals surface area (Å²) in [7, 11) is 0. The molecule has 1 aromatic rings. The van der Waals surface area contributed by atoms with Crippen LogP contribution in [0.4, 0.5) is 0 Å². The van der Waals surface area contributed by atoms with Crippen molar-refractivity contribution in [2.75, 3.05) is 0 Å². The van der Waals surface area contributed by atoms with Crippen molar-refractivity contribution in [2.24, 2.45) is 0 Å². The van der Waals surface area contributed by atoms with Gasteiger partial charge in [0.25, 0.3) is 5.24 Å². The lowest BCUT2D eigenvalue weighted by atomic mass is 10.1. The van der Waals surface area contributed by atoms with Gasteiger partial charge in [0.05, 0.1) is 11.6 Å². The smallest absolute Gasteiger partial charge is 0.252 e. The molecule has 0 bridgehead atoms. The molecule has 1 rings (SSSR count). The number of benzene rings is 1. The highest BCUT2D eigenvalue weighted by atomic mass is 127. The summed E-state index contributed by atoms with van der Waals surface area (Å²) in [6.45, 7) is 0. The molecule has 1 aromatic carbocycles. The molecular formula is C8H3ClINO. The van der Waals surface area contributed by atoms with Crippen molar-refractivity contribution in [1.82, 2.24) is 0 Å². The van der Waals surface area contributed by atoms with Crippen molar-refractivity contribution in [3.8, 4) is 6.07 Å². The van der Waals surface area contributed by atoms with E-state index in [0.717, 1.165) is 3.57 Å². The largest absolute Gasteiger partial charge is 0.276 e. The maximum Gasteiger partial charge on any atom is 0.252 e. The first-order valence-electron chi connectivity index (χ1n) is 3.04. The lowest BCUT2D eigenvalue weighted by Gasteiger charge is -1.95. The number of nitrogens with zero attached hydrogens (tertiary/aromatic N) is 1. The third kappa shape index (κ3) is 2.19. The number of halogens is 2. The van der Waals surface area contributed by atoms with E-state index in [4.69, 9.17) is 16.9 Å². The Morgan fingerprint density at radius 1 is 1.50 bits per heavy atom. The lowest BCUT2D eigenvalue weighted by Crippen LogP contribution is -1.90. The first-order valence-corrected chi connectivity index (χ1v) is 4.49. The fraction of sp³-hybridized carbons (Fsp3) is 0. The van der Waals surface area contributed by atoms with Gasteiger partial charge in [-0.25, -0.2) is 0 Å². The molecule has 0 spiro atoms. The van der Waals surface area contributed by atoms with Gasteiger partial charge in [0, 0.05) is 9.13 Å². The van der Waals surface area contributed by atoms with E-state index in [0.29, 0.717) is 11.1 Å². The van der Waals surface area contributed by atoms with E-state index in [1.807, 2.05) is 28.7 Å². The Hall–Kier alpha value is -0.600. The maximum atomic E-state index is 10.7. The molecule has 0 saturated carbocycles. The second-order valence-electron chi connectivity index (χ2n) is 2.11. The van der Waals surface area contributed by atoms with Gasteiger partial charge < -0.3 is 0 Å². The van der Waals surface area contributed by atoms with E-state index in [1.54, 1.807) is 12.1 Å². The standard InChI is InChI=1S/C8H3ClINO/c9-8(12)6-1-5(4-11)2-7(10)3-6/h1-3H. The monoisotopic (exact) mass is 291 g/mol. The Morgan fingerprint density at radius 3 is 2.67 bits per heavy atom. The fourth-order valence-corrected chi connectivity index (χ4v) is 1.55. The van der Waals surface area contributed by atoms with Crippen molar-refractivity contribution in [3.63, 3.8) is 0 Å². The minimum absolute atomic E-state index is 0.361. The van der Waals surface area contributed by atoms with Gasteiger partial charge >= 0.3 is 0 Å². The molecule has 0 unspecified atom stereocenters. The average Bonchev–Trinajstić information content (AvgIpc) is 2.03. The Kier molecular flexibility index (Phi) is 3.06. The number of rotatable bonds is 1. The fourth-order valence-electron chi connectivity index (χ4n) is 0.768. The van der Waals surface area contributed by atoms with Gasteiger partial charge in [-0.15, -0.1) is 0 Å². The SMILES string of the molecule is N#Cc1cc(I)cc(C(=O)Cl)c1. The lowest BCUT2D eigenvalue weighted by molar-refractivity contribution is 0.108. The summed E-state index contributed by atoms with van der Waals surface area (Å²) in [6.07, 6.45) is 0. The molecule has 0 atom stereocenters. The Balaban J connectivity index is 3.26. The molecule has 0 saturated heterocycles. The number of hydrogen-bond acceptors (Lipinski definition) is 2. The molecule has 0 N–H and O–H groups in total. The minimum Gasteiger partial charge on any atom is -0.276 e. The molecule has 0 aliphatic rings. The molecule has 2 nitrogen and oxygen atoms in total. The van der Waals surface area contributed by atoms with Crippen LogP contribution in [0.5, 0.6) is 0 Å². The van der Waals surface area contributed by atoms with Crippen LogP contribution >= 0.6 is 34.2 Å². The van der Waals surface area contributed by atoms with Crippen molar-refractivity contribution >= 4 is 39.4 Å². The number of hydrogen-bond donors (Lipinski definition) is 0. The summed E-state index contributed by atoms with van der Waals surface area (Å²) in [4.78, 5) is 10.7. The van der Waals surface area contributed by atoms with Crippen molar-refractivity contribution < 1.29 is 4.79 Å². The van der Waals surface area contributed by atoms with E-state index in [9.17, 15) is 4.79 Å². The second kappa shape index (κ2) is 3.87. The predicted octanol–water partition coefficient (Wildman–Crippen LogP) is 2.54. The highest BCUT2D eigenvalue weighted by Crippen LogP contribution is 2.13. The molecule has 60 valence electrons. The van der Waals surface area contributed by atoms with Crippen LogP contribution in [0.15, 0.2) is 18.2 Å². The third-order valence-electron chi connectivity index (χ3n) is 1.25. The topological polar surface area (TPSA) is 40.9 Å². The molecule has 12 heavy (non-hydrogen) atoms. The third-order valence-corrected chi connectivity index (χ3v) is 2.09. The highest BCUT2D eigenvalue weighted by molar-refractivity contribution is 14.1. The Bertz CT molecular complexity index is 370. The summed E-state index contributed by atoms with van der Waals surface area (Å²) in [6, 6.07) is 6.74. The van der Waals surface area contributed by atoms with E-state index in [1.165, 1.54) is 6.07 Å². The van der Waals surface area contributed by atoms with Gasteiger partial charge in [-0.3, -0.25) is 4.79 Å². The minimum atomic E-state index is -0.537. The summed E-state index contributed by atoms with van der Waals surface area (Å²) in [5.74, 6) is 0. The van der Waals surface area contributed by atoms with Crippen LogP contribution in [0.25, 0.3) is 0 Å². The zero-order valence-corrected chi connectivity index (χ0v) is 8.76. The van der Waals surface area contributed by atoms with Crippen LogP contribution in [0, 0.1) is 14.9 Å². The van der Waals surface area contributed by atoms with Crippen molar-refractivity contribution in [3.05, 3.63) is 32.9 Å². The van der Waals surface area contributed by atoms with E-state index >= 15 is 0 Å². The normalized spacial score (nSPS) is 9.08. The van der Waals surface area contributed by atoms with Crippen LogP contribution in [0.2, 0.25) is 0 Å². The summed E-state index contributed by atoms with van der Waals surface area (Å²) < 4.78 is 0.829. The maximum absolute atomic E-state index is 10.7. The first kappa shape index (κ1) is 9.49. The van der Waals surface area contributed by atoms with Gasteiger partial charge in [0.2, 0.25) is 0 Å². The summed E-state index contributed by atoms with van der Waals surface area (Å²) >= 11 is 7.28. The molecule has 0 fully saturated rings. The number of carbonyl (C=O) groups excluding carboxylic acids is 1. The average molecular weight is 291 g/mol. The van der Waals surface area contributed by atoms with E-state index in [-0.39, 0.29) is 0 Å². The molecule has 0 aliphatic carbocycles.